The molecule has 2 aromatic rings. The molecule has 0 bridgehead atoms. The molecule has 0 aromatic heterocycles. The van der Waals surface area contributed by atoms with E-state index in [0.29, 0.717) is 10.0 Å². The smallest absolute Gasteiger partial charge is 0.123 e. The number of nitrogens with one attached hydrogen (secondary N) is 1. The third kappa shape index (κ3) is 3.04. The van der Waals surface area contributed by atoms with Crippen LogP contribution in [0.15, 0.2) is 36.4 Å². The first kappa shape index (κ1) is 16.6. The molecule has 3 rings (SSSR count). The molecule has 0 heterocycles. The van der Waals surface area contributed by atoms with Crippen molar-refractivity contribution in [1.29, 1.82) is 0 Å². The number of hydrogen-bond donors (Lipinski definition) is 1. The number of rotatable bonds is 2. The van der Waals surface area contributed by atoms with Crippen LogP contribution in [0, 0.1) is 5.82 Å². The van der Waals surface area contributed by atoms with Crippen molar-refractivity contribution < 1.29 is 4.39 Å². The molecule has 0 saturated carbocycles. The highest BCUT2D eigenvalue weighted by Crippen LogP contribution is 2.44. The Morgan fingerprint density at radius 3 is 2.48 bits per heavy atom. The second-order valence-electron chi connectivity index (χ2n) is 5.08. The summed E-state index contributed by atoms with van der Waals surface area (Å²) in [5.41, 5.74) is 3.30. The molecule has 1 nitrogen and oxygen atoms in total. The van der Waals surface area contributed by atoms with Gasteiger partial charge in [0, 0.05) is 12.0 Å². The quantitative estimate of drug-likeness (QED) is 0.773. The third-order valence-electron chi connectivity index (χ3n) is 3.97. The molecule has 0 radical (unpaired) electrons. The average molecular weight is 347 g/mol. The zero-order chi connectivity index (χ0) is 14.3. The zero-order valence-electron chi connectivity index (χ0n) is 11.4. The Kier molecular flexibility index (Phi) is 5.15. The Bertz CT molecular complexity index is 660. The maximum absolute atomic E-state index is 13.5. The summed E-state index contributed by atoms with van der Waals surface area (Å²) in [7, 11) is 1.90. The molecule has 112 valence electrons. The zero-order valence-corrected chi connectivity index (χ0v) is 13.7. The Morgan fingerprint density at radius 2 is 1.81 bits per heavy atom. The van der Waals surface area contributed by atoms with E-state index in [1.54, 1.807) is 6.07 Å². The van der Waals surface area contributed by atoms with Gasteiger partial charge in [-0.1, -0.05) is 35.3 Å². The summed E-state index contributed by atoms with van der Waals surface area (Å²) < 4.78 is 13.5. The number of fused-ring (bicyclic) bond motifs is 1. The summed E-state index contributed by atoms with van der Waals surface area (Å²) in [6, 6.07) is 10.9. The lowest BCUT2D eigenvalue weighted by Crippen LogP contribution is -2.13. The molecule has 21 heavy (non-hydrogen) atoms. The van der Waals surface area contributed by atoms with E-state index in [4.69, 9.17) is 23.2 Å². The van der Waals surface area contributed by atoms with Gasteiger partial charge in [0.15, 0.2) is 0 Å². The molecule has 5 heteroatoms. The first-order valence-corrected chi connectivity index (χ1v) is 7.27. The van der Waals surface area contributed by atoms with Gasteiger partial charge in [-0.25, -0.2) is 4.39 Å². The van der Waals surface area contributed by atoms with Crippen LogP contribution in [0.25, 0.3) is 0 Å². The van der Waals surface area contributed by atoms with Crippen LogP contribution < -0.4 is 5.32 Å². The molecular weight excluding hydrogens is 332 g/mol. The predicted molar refractivity (Wildman–Crippen MR) is 88.4 cm³/mol. The van der Waals surface area contributed by atoms with E-state index in [0.717, 1.165) is 23.1 Å². The molecule has 2 unspecified atom stereocenters. The van der Waals surface area contributed by atoms with Crippen LogP contribution in [0.3, 0.4) is 0 Å². The highest BCUT2D eigenvalue weighted by molar-refractivity contribution is 6.42. The summed E-state index contributed by atoms with van der Waals surface area (Å²) in [6.45, 7) is 0. The Balaban J connectivity index is 0.00000161. The van der Waals surface area contributed by atoms with Crippen molar-refractivity contribution in [3.8, 4) is 0 Å². The van der Waals surface area contributed by atoms with Crippen molar-refractivity contribution in [2.24, 2.45) is 0 Å². The van der Waals surface area contributed by atoms with Crippen LogP contribution in [0.5, 0.6) is 0 Å². The van der Waals surface area contributed by atoms with Gasteiger partial charge >= 0.3 is 0 Å². The van der Waals surface area contributed by atoms with Gasteiger partial charge in [0.2, 0.25) is 0 Å². The second-order valence-corrected chi connectivity index (χ2v) is 5.89. The fraction of sp³-hybridized carbons (Fsp3) is 0.250. The number of benzene rings is 2. The molecule has 1 aliphatic carbocycles. The lowest BCUT2D eigenvalue weighted by atomic mass is 9.93. The van der Waals surface area contributed by atoms with Gasteiger partial charge in [0.25, 0.3) is 0 Å². The molecule has 0 saturated heterocycles. The predicted octanol–water partition coefficient (Wildman–Crippen LogP) is 5.35. The SMILES string of the molecule is CNC1CC(c2ccc(Cl)c(Cl)c2)c2ccc(F)cc21.Cl. The number of halogens is 4. The topological polar surface area (TPSA) is 12.0 Å². The minimum absolute atomic E-state index is 0. The fourth-order valence-corrected chi connectivity index (χ4v) is 3.28. The molecule has 0 aliphatic heterocycles. The van der Waals surface area contributed by atoms with Gasteiger partial charge in [0.1, 0.15) is 5.82 Å². The minimum atomic E-state index is -0.196. The fourth-order valence-electron chi connectivity index (χ4n) is 2.97. The van der Waals surface area contributed by atoms with Gasteiger partial charge in [0.05, 0.1) is 10.0 Å². The lowest BCUT2D eigenvalue weighted by molar-refractivity contribution is 0.560. The standard InChI is InChI=1S/C16H14Cl2FN.ClH/c1-20-16-8-12(9-2-5-14(17)15(18)6-9)11-4-3-10(19)7-13(11)16;/h2-7,12,16,20H,8H2,1H3;1H. The maximum atomic E-state index is 13.5. The molecule has 0 spiro atoms. The van der Waals surface area contributed by atoms with Crippen molar-refractivity contribution >= 4 is 35.6 Å². The van der Waals surface area contributed by atoms with Crippen molar-refractivity contribution in [1.82, 2.24) is 5.32 Å². The Morgan fingerprint density at radius 1 is 1.05 bits per heavy atom. The van der Waals surface area contributed by atoms with Gasteiger partial charge < -0.3 is 5.32 Å². The molecule has 2 aromatic carbocycles. The average Bonchev–Trinajstić information content (AvgIpc) is 2.79. The maximum Gasteiger partial charge on any atom is 0.123 e. The van der Waals surface area contributed by atoms with E-state index < -0.39 is 0 Å². The van der Waals surface area contributed by atoms with E-state index in [2.05, 4.69) is 5.32 Å². The van der Waals surface area contributed by atoms with Crippen LogP contribution in [0.1, 0.15) is 35.1 Å². The second kappa shape index (κ2) is 6.53. The summed E-state index contributed by atoms with van der Waals surface area (Å²) >= 11 is 12.1. The third-order valence-corrected chi connectivity index (χ3v) is 4.70. The molecular formula is C16H15Cl3FN. The molecule has 1 aliphatic rings. The summed E-state index contributed by atoms with van der Waals surface area (Å²) in [4.78, 5) is 0. The van der Waals surface area contributed by atoms with Gasteiger partial charge in [-0.05, 0) is 54.4 Å². The van der Waals surface area contributed by atoms with Crippen LogP contribution in [-0.2, 0) is 0 Å². The Labute approximate surface area is 139 Å². The van der Waals surface area contributed by atoms with Gasteiger partial charge in [-0.2, -0.15) is 0 Å². The first-order chi connectivity index (χ1) is 9.60. The molecule has 1 N–H and O–H groups in total. The summed E-state index contributed by atoms with van der Waals surface area (Å²) in [6.07, 6.45) is 0.896. The van der Waals surface area contributed by atoms with Crippen LogP contribution in [-0.4, -0.2) is 7.05 Å². The molecule has 0 amide bonds. The Hall–Kier alpha value is -0.800. The molecule has 2 atom stereocenters. The largest absolute Gasteiger partial charge is 0.313 e. The van der Waals surface area contributed by atoms with Crippen LogP contribution in [0.2, 0.25) is 10.0 Å². The summed E-state index contributed by atoms with van der Waals surface area (Å²) in [5.74, 6) is 0.0246. The summed E-state index contributed by atoms with van der Waals surface area (Å²) in [5, 5.41) is 4.36. The van der Waals surface area contributed by atoms with Crippen molar-refractivity contribution in [2.45, 2.75) is 18.4 Å². The van der Waals surface area contributed by atoms with E-state index in [1.807, 2.05) is 31.3 Å². The van der Waals surface area contributed by atoms with E-state index in [1.165, 1.54) is 6.07 Å². The number of hydrogen-bond acceptors (Lipinski definition) is 1. The lowest BCUT2D eigenvalue weighted by Gasteiger charge is -2.13. The van der Waals surface area contributed by atoms with Gasteiger partial charge in [-0.3, -0.25) is 0 Å². The van der Waals surface area contributed by atoms with Crippen LogP contribution >= 0.6 is 35.6 Å². The van der Waals surface area contributed by atoms with Crippen molar-refractivity contribution in [2.75, 3.05) is 7.05 Å². The van der Waals surface area contributed by atoms with Crippen LogP contribution in [0.4, 0.5) is 4.39 Å². The van der Waals surface area contributed by atoms with E-state index >= 15 is 0 Å². The van der Waals surface area contributed by atoms with Gasteiger partial charge in [-0.15, -0.1) is 12.4 Å². The van der Waals surface area contributed by atoms with Crippen molar-refractivity contribution in [3.63, 3.8) is 0 Å². The monoisotopic (exact) mass is 345 g/mol. The molecule has 0 fully saturated rings. The van der Waals surface area contributed by atoms with E-state index in [-0.39, 0.29) is 30.2 Å². The highest BCUT2D eigenvalue weighted by atomic mass is 35.5. The van der Waals surface area contributed by atoms with E-state index in [9.17, 15) is 4.39 Å². The normalized spacial score (nSPS) is 20.0. The minimum Gasteiger partial charge on any atom is -0.313 e. The van der Waals surface area contributed by atoms with Crippen molar-refractivity contribution in [3.05, 3.63) is 69.0 Å². The highest BCUT2D eigenvalue weighted by Gasteiger charge is 2.31. The first-order valence-electron chi connectivity index (χ1n) is 6.51.